The van der Waals surface area contributed by atoms with Crippen LogP contribution in [-0.2, 0) is 112 Å². The fourth-order valence-electron chi connectivity index (χ4n) is 15.6. The van der Waals surface area contributed by atoms with Gasteiger partial charge in [0.05, 0.1) is 38.2 Å². The van der Waals surface area contributed by atoms with Crippen LogP contribution in [0.25, 0.3) is 21.8 Å². The molecular formula is C88H121N25O19S. The number of likely N-dealkylation sites (N-methyl/N-ethyl adjacent to an activating group) is 3. The lowest BCUT2D eigenvalue weighted by Crippen LogP contribution is -2.61. The van der Waals surface area contributed by atoms with E-state index in [2.05, 4.69) is 89.1 Å². The molecule has 45 heteroatoms. The average Bonchev–Trinajstić information content (AvgIpc) is 1.72. The Hall–Kier alpha value is -14.0. The molecule has 0 bridgehead atoms. The van der Waals surface area contributed by atoms with Gasteiger partial charge in [0.2, 0.25) is 106 Å². The van der Waals surface area contributed by atoms with Crippen LogP contribution in [-0.4, -0.2) is 307 Å². The zero-order chi connectivity index (χ0) is 96.9. The number of rotatable bonds is 24. The van der Waals surface area contributed by atoms with Crippen molar-refractivity contribution in [2.75, 3.05) is 72.0 Å². The highest BCUT2D eigenvalue weighted by atomic mass is 32.2. The number of imidazole rings is 1. The van der Waals surface area contributed by atoms with Gasteiger partial charge in [-0.25, -0.2) is 4.98 Å². The third-order valence-corrected chi connectivity index (χ3v) is 24.4. The Labute approximate surface area is 771 Å². The molecule has 24 N–H and O–H groups in total. The quantitative estimate of drug-likeness (QED) is 0.0154. The number of benzene rings is 3. The van der Waals surface area contributed by atoms with Gasteiger partial charge in [-0.1, -0.05) is 87.0 Å². The second-order valence-electron chi connectivity index (χ2n) is 33.8. The van der Waals surface area contributed by atoms with Gasteiger partial charge in [0.1, 0.15) is 78.5 Å². The van der Waals surface area contributed by atoms with Crippen LogP contribution in [0.3, 0.4) is 0 Å². The Morgan fingerprint density at radius 2 is 1.05 bits per heavy atom. The Morgan fingerprint density at radius 3 is 1.62 bits per heavy atom. The van der Waals surface area contributed by atoms with E-state index in [9.17, 15) is 77.0 Å². The number of nitrogens with two attached hydrogens (primary N) is 3. The number of aromatic amines is 3. The molecule has 3 aromatic carbocycles. The molecule has 3 aliphatic rings. The van der Waals surface area contributed by atoms with E-state index in [4.69, 9.17) is 22.6 Å². The number of amides is 18. The summed E-state index contributed by atoms with van der Waals surface area (Å²) < 4.78 is 0. The molecule has 13 atom stereocenters. The lowest BCUT2D eigenvalue weighted by molar-refractivity contribution is -0.145. The van der Waals surface area contributed by atoms with Gasteiger partial charge < -0.3 is 126 Å². The van der Waals surface area contributed by atoms with E-state index in [1.165, 1.54) is 47.5 Å². The minimum absolute atomic E-state index is 0.00652. The van der Waals surface area contributed by atoms with Crippen molar-refractivity contribution in [2.45, 2.75) is 196 Å². The highest BCUT2D eigenvalue weighted by Crippen LogP contribution is 2.28. The van der Waals surface area contributed by atoms with Crippen LogP contribution in [0, 0.1) is 17.2 Å². The van der Waals surface area contributed by atoms with Crippen LogP contribution in [0.4, 0.5) is 0 Å². The number of nitrogens with one attached hydrogen (secondary N) is 17. The van der Waals surface area contributed by atoms with Gasteiger partial charge in [-0.2, -0.15) is 0 Å². The van der Waals surface area contributed by atoms with Crippen LogP contribution >= 0.6 is 11.8 Å². The normalized spacial score (nSPS) is 23.9. The minimum Gasteiger partial charge on any atom is -0.394 e. The lowest BCUT2D eigenvalue weighted by atomic mass is 9.85. The number of H-pyrrole nitrogens is 3. The summed E-state index contributed by atoms with van der Waals surface area (Å²) in [4.78, 5) is 277. The van der Waals surface area contributed by atoms with Crippen molar-refractivity contribution in [1.29, 1.82) is 5.41 Å². The number of nitrogens with zero attached hydrogens (tertiary/aromatic N) is 5. The number of aliphatic hydroxyl groups is 1. The summed E-state index contributed by atoms with van der Waals surface area (Å²) in [5.41, 5.74) is 19.8. The number of aliphatic hydroxyl groups excluding tert-OH is 1. The Kier molecular flexibility index (Phi) is 38.1. The predicted molar refractivity (Wildman–Crippen MR) is 487 cm³/mol. The topological polar surface area (TPSA) is 659 Å². The molecule has 718 valence electrons. The van der Waals surface area contributed by atoms with Crippen molar-refractivity contribution in [1.82, 2.24) is 109 Å². The molecule has 1 saturated carbocycles. The molecule has 1 aliphatic carbocycles. The van der Waals surface area contributed by atoms with Gasteiger partial charge >= 0.3 is 0 Å². The molecule has 3 aromatic heterocycles. The summed E-state index contributed by atoms with van der Waals surface area (Å²) in [6.45, 7) is 3.15. The fourth-order valence-corrected chi connectivity index (χ4v) is 16.4. The molecule has 2 saturated heterocycles. The molecule has 13 unspecified atom stereocenters. The summed E-state index contributed by atoms with van der Waals surface area (Å²) in [7, 11) is 3.73. The zero-order valence-electron chi connectivity index (χ0n) is 75.2. The number of hydrogen-bond acceptors (Lipinski definition) is 22. The summed E-state index contributed by atoms with van der Waals surface area (Å²) in [6, 6.07) is 1.88. The number of aromatic nitrogens is 4. The van der Waals surface area contributed by atoms with Crippen LogP contribution in [0.2, 0.25) is 0 Å². The maximum Gasteiger partial charge on any atom is 0.246 e. The summed E-state index contributed by atoms with van der Waals surface area (Å²) in [6.07, 6.45) is 5.65. The average molecular weight is 1870 g/mol. The highest BCUT2D eigenvalue weighted by molar-refractivity contribution is 8.00. The third-order valence-electron chi connectivity index (χ3n) is 23.4. The minimum atomic E-state index is -1.90. The molecule has 3 fully saturated rings. The number of carbonyl (C=O) groups is 18. The number of hydrogen-bond donors (Lipinski definition) is 21. The predicted octanol–water partition coefficient (Wildman–Crippen LogP) is -4.53. The maximum atomic E-state index is 15.4. The van der Waals surface area contributed by atoms with E-state index in [-0.39, 0.29) is 102 Å². The molecule has 0 radical (unpaired) electrons. The number of para-hydroxylation sites is 2. The third kappa shape index (κ3) is 29.8. The summed E-state index contributed by atoms with van der Waals surface area (Å²) in [5.74, 6) is -18.7. The second-order valence-corrected chi connectivity index (χ2v) is 34.9. The van der Waals surface area contributed by atoms with Crippen molar-refractivity contribution in [3.05, 3.63) is 126 Å². The van der Waals surface area contributed by atoms with Gasteiger partial charge in [-0.15, -0.1) is 11.8 Å². The Morgan fingerprint density at radius 1 is 0.519 bits per heavy atom. The molecule has 5 heterocycles. The van der Waals surface area contributed by atoms with Crippen molar-refractivity contribution in [2.24, 2.45) is 29.0 Å². The van der Waals surface area contributed by atoms with Gasteiger partial charge in [-0.3, -0.25) is 91.7 Å². The largest absolute Gasteiger partial charge is 0.394 e. The first-order valence-corrected chi connectivity index (χ1v) is 45.1. The van der Waals surface area contributed by atoms with Crippen molar-refractivity contribution in [3.8, 4) is 0 Å². The van der Waals surface area contributed by atoms with E-state index in [0.717, 1.165) is 37.8 Å². The van der Waals surface area contributed by atoms with E-state index >= 15 is 14.4 Å². The number of primary amides is 2. The number of thioether (sulfide) groups is 1. The second kappa shape index (κ2) is 49.3. The number of guanidine groups is 1. The number of fused-ring (bicyclic) bond motifs is 3. The summed E-state index contributed by atoms with van der Waals surface area (Å²) >= 11 is 0.768. The van der Waals surface area contributed by atoms with Crippen molar-refractivity contribution >= 4 is 146 Å². The SMILES string of the molecule is CC(C)CC1NC(=O)C(Cc2cnc[nH]2)NC(=O)C2CCCN2C(=O)C(CC(N)=O)NC(=O)C(C)N(C)C(=O)C(Cc2ccccc2)NC(=O)CSCC(C(=O)NCC(N)=O)NC(=O)C(CCCNC(=N)N)NC(=O)C(C)N(C)C(=O)C(CCNC(=O)C2CCC2)NC(=O)C(Cc2c[nH]c3ccccc23)NC(=O)C(CO)NC(=O)C(Cc2c[nH]c3ccccc23)NC(=O)CN(C)C1=O. The lowest BCUT2D eigenvalue weighted by Gasteiger charge is -2.32. The number of carbonyl (C=O) groups excluding carboxylic acids is 18. The van der Waals surface area contributed by atoms with E-state index in [0.29, 0.717) is 57.0 Å². The molecule has 6 aromatic rings. The first kappa shape index (κ1) is 103. The molecule has 44 nitrogen and oxygen atoms in total. The van der Waals surface area contributed by atoms with Gasteiger partial charge in [0.25, 0.3) is 0 Å². The molecular weight excluding hydrogens is 1740 g/mol. The van der Waals surface area contributed by atoms with Crippen molar-refractivity contribution in [3.63, 3.8) is 0 Å². The smallest absolute Gasteiger partial charge is 0.246 e. The fraction of sp³-hybridized carbons (Fsp3) is 0.500. The van der Waals surface area contributed by atoms with Gasteiger partial charge in [-0.05, 0) is 100.0 Å². The first-order valence-electron chi connectivity index (χ1n) is 44.0. The summed E-state index contributed by atoms with van der Waals surface area (Å²) in [5, 5.41) is 54.3. The standard InChI is InChI=1S/C88H121N25O19S/c1-47(2)32-64-84(129)110(5)42-72(117)100-61(34-52-38-96-57-24-13-11-22-55(52)57)79(124)108-67(43-114)82(127)104-62(35-53-39-97-58-25-14-12-23-56(53)58)80(125)103-60(28-30-94-76(121)51-20-15-21-51)85(130)111(6)48(3)74(119)102-59(26-16-29-95-88(91)92)78(123)109-68(77(122)98-41-71(90)116)44-133-45-73(118)101-65(33-50-18-9-8-10-19-50)86(131)112(7)49(4)75(120)106-66(37-70(89)115)87(132)113-31-17-27-69(113)83(128)105-63(81(126)107-64)36-54-40-93-46-99-54/h8-14,18-19,22-25,38-40,46-49,51,59-69,96-97,114H,15-17,20-21,26-37,41-45H2,1-7H3,(H2,89,115)(H2,90,116)(H,93,99)(H,94,121)(H,98,122)(H,100,117)(H,101,118)(H,102,119)(H,103,125)(H,104,127)(H,105,128)(H,106,120)(H,107,126)(H,108,124)(H,109,123)(H4,91,92,95). The van der Waals surface area contributed by atoms with E-state index < -0.39 is 223 Å². The van der Waals surface area contributed by atoms with E-state index in [1.54, 1.807) is 105 Å². The maximum absolute atomic E-state index is 15.4. The first-order chi connectivity index (χ1) is 63.4. The monoisotopic (exact) mass is 1860 g/mol. The van der Waals surface area contributed by atoms with E-state index in [1.807, 2.05) is 0 Å². The van der Waals surface area contributed by atoms with Crippen LogP contribution in [0.1, 0.15) is 114 Å². The molecule has 0 spiro atoms. The molecule has 2 aliphatic heterocycles. The van der Waals surface area contributed by atoms with Crippen LogP contribution in [0.15, 0.2) is 104 Å². The molecule has 18 amide bonds. The van der Waals surface area contributed by atoms with Gasteiger partial charge in [0.15, 0.2) is 5.96 Å². The molecule has 9 rings (SSSR count). The Balaban J connectivity index is 1.07. The highest BCUT2D eigenvalue weighted by Gasteiger charge is 2.43. The van der Waals surface area contributed by atoms with Crippen LogP contribution in [0.5, 0.6) is 0 Å². The van der Waals surface area contributed by atoms with Crippen molar-refractivity contribution < 1.29 is 91.4 Å². The molecule has 133 heavy (non-hydrogen) atoms. The van der Waals surface area contributed by atoms with Crippen LogP contribution < -0.4 is 86.3 Å². The van der Waals surface area contributed by atoms with Gasteiger partial charge in [0, 0.05) is 124 Å². The zero-order valence-corrected chi connectivity index (χ0v) is 76.0. The Bertz CT molecular complexity index is 5180.